The normalized spacial score (nSPS) is 21.9. The zero-order valence-corrected chi connectivity index (χ0v) is 10.4. The van der Waals surface area contributed by atoms with Crippen LogP contribution in [0.25, 0.3) is 0 Å². The van der Waals surface area contributed by atoms with Gasteiger partial charge in [0.1, 0.15) is 6.23 Å². The van der Waals surface area contributed by atoms with Gasteiger partial charge in [0, 0.05) is 6.54 Å². The molecule has 1 saturated heterocycles. The molecule has 2 rings (SSSR count). The average molecular weight is 219 g/mol. The van der Waals surface area contributed by atoms with Gasteiger partial charge < -0.3 is 4.74 Å². The van der Waals surface area contributed by atoms with E-state index < -0.39 is 0 Å². The molecule has 0 radical (unpaired) electrons. The molecule has 0 aliphatic carbocycles. The Bertz CT molecular complexity index is 331. The van der Waals surface area contributed by atoms with Gasteiger partial charge in [0.15, 0.2) is 0 Å². The molecule has 1 unspecified atom stereocenters. The standard InChI is InChI=1S/C14H21NO/c1-4-15-9-10-16-14(15)13-7-5-12(6-8-13)11(2)3/h5-8,11,14H,4,9-10H2,1-3H3. The smallest absolute Gasteiger partial charge is 0.136 e. The molecule has 0 amide bonds. The van der Waals surface area contributed by atoms with Crippen LogP contribution in [-0.2, 0) is 4.74 Å². The fraction of sp³-hybridized carbons (Fsp3) is 0.571. The summed E-state index contributed by atoms with van der Waals surface area (Å²) in [5.41, 5.74) is 2.67. The van der Waals surface area contributed by atoms with Crippen molar-refractivity contribution in [3.63, 3.8) is 0 Å². The van der Waals surface area contributed by atoms with Gasteiger partial charge in [-0.1, -0.05) is 45.0 Å². The molecule has 1 aromatic rings. The SMILES string of the molecule is CCN1CCOC1c1ccc(C(C)C)cc1. The van der Waals surface area contributed by atoms with Crippen molar-refractivity contribution in [2.45, 2.75) is 32.9 Å². The van der Waals surface area contributed by atoms with Crippen molar-refractivity contribution in [3.05, 3.63) is 35.4 Å². The number of hydrogen-bond acceptors (Lipinski definition) is 2. The largest absolute Gasteiger partial charge is 0.358 e. The number of nitrogens with zero attached hydrogens (tertiary/aromatic N) is 1. The number of hydrogen-bond donors (Lipinski definition) is 0. The molecule has 0 aromatic heterocycles. The molecule has 1 atom stereocenters. The third-order valence-electron chi connectivity index (χ3n) is 3.28. The molecule has 0 spiro atoms. The number of ether oxygens (including phenoxy) is 1. The minimum absolute atomic E-state index is 0.172. The maximum Gasteiger partial charge on any atom is 0.136 e. The molecule has 16 heavy (non-hydrogen) atoms. The highest BCUT2D eigenvalue weighted by Crippen LogP contribution is 2.27. The highest BCUT2D eigenvalue weighted by Gasteiger charge is 2.25. The summed E-state index contributed by atoms with van der Waals surface area (Å²) in [7, 11) is 0. The molecule has 1 aromatic carbocycles. The van der Waals surface area contributed by atoms with Crippen LogP contribution in [0.3, 0.4) is 0 Å². The topological polar surface area (TPSA) is 12.5 Å². The van der Waals surface area contributed by atoms with Gasteiger partial charge in [0.2, 0.25) is 0 Å². The fourth-order valence-corrected chi connectivity index (χ4v) is 2.18. The van der Waals surface area contributed by atoms with Crippen molar-refractivity contribution >= 4 is 0 Å². The summed E-state index contributed by atoms with van der Waals surface area (Å²) in [6.07, 6.45) is 0.172. The van der Waals surface area contributed by atoms with Crippen LogP contribution in [0.15, 0.2) is 24.3 Å². The summed E-state index contributed by atoms with van der Waals surface area (Å²) in [5, 5.41) is 0. The molecule has 0 saturated carbocycles. The van der Waals surface area contributed by atoms with E-state index in [0.717, 1.165) is 19.7 Å². The summed E-state index contributed by atoms with van der Waals surface area (Å²) in [4.78, 5) is 2.37. The van der Waals surface area contributed by atoms with Crippen LogP contribution in [-0.4, -0.2) is 24.6 Å². The lowest BCUT2D eigenvalue weighted by Gasteiger charge is -2.21. The lowest BCUT2D eigenvalue weighted by molar-refractivity contribution is 0.0353. The first-order valence-corrected chi connectivity index (χ1v) is 6.18. The maximum atomic E-state index is 5.77. The lowest BCUT2D eigenvalue weighted by Crippen LogP contribution is -2.23. The average Bonchev–Trinajstić information content (AvgIpc) is 2.77. The summed E-state index contributed by atoms with van der Waals surface area (Å²) >= 11 is 0. The molecule has 0 N–H and O–H groups in total. The Labute approximate surface area is 98.2 Å². The first-order chi connectivity index (χ1) is 7.72. The van der Waals surface area contributed by atoms with Gasteiger partial charge in [0.05, 0.1) is 6.61 Å². The molecule has 2 nitrogen and oxygen atoms in total. The van der Waals surface area contributed by atoms with Gasteiger partial charge in [0.25, 0.3) is 0 Å². The zero-order chi connectivity index (χ0) is 11.5. The van der Waals surface area contributed by atoms with E-state index in [-0.39, 0.29) is 6.23 Å². The molecular weight excluding hydrogens is 198 g/mol. The van der Waals surface area contributed by atoms with E-state index in [0.29, 0.717) is 5.92 Å². The van der Waals surface area contributed by atoms with Gasteiger partial charge in [-0.2, -0.15) is 0 Å². The van der Waals surface area contributed by atoms with Crippen LogP contribution < -0.4 is 0 Å². The number of benzene rings is 1. The molecule has 2 heteroatoms. The number of likely N-dealkylation sites (N-methyl/N-ethyl adjacent to an activating group) is 1. The Kier molecular flexibility index (Phi) is 3.62. The first-order valence-electron chi connectivity index (χ1n) is 6.18. The van der Waals surface area contributed by atoms with E-state index in [1.807, 2.05) is 0 Å². The monoisotopic (exact) mass is 219 g/mol. The molecule has 1 fully saturated rings. The molecule has 1 aliphatic heterocycles. The van der Waals surface area contributed by atoms with E-state index in [1.54, 1.807) is 0 Å². The van der Waals surface area contributed by atoms with Crippen LogP contribution in [0, 0.1) is 0 Å². The maximum absolute atomic E-state index is 5.77. The molecular formula is C14H21NO. The zero-order valence-electron chi connectivity index (χ0n) is 10.4. The van der Waals surface area contributed by atoms with Crippen molar-refractivity contribution in [3.8, 4) is 0 Å². The summed E-state index contributed by atoms with van der Waals surface area (Å²) in [6, 6.07) is 8.84. The van der Waals surface area contributed by atoms with E-state index >= 15 is 0 Å². The highest BCUT2D eigenvalue weighted by molar-refractivity contribution is 5.26. The van der Waals surface area contributed by atoms with Crippen molar-refractivity contribution in [1.82, 2.24) is 4.90 Å². The highest BCUT2D eigenvalue weighted by atomic mass is 16.5. The Morgan fingerprint density at radius 3 is 2.56 bits per heavy atom. The molecule has 0 bridgehead atoms. The minimum atomic E-state index is 0.172. The Morgan fingerprint density at radius 2 is 2.00 bits per heavy atom. The van der Waals surface area contributed by atoms with Crippen molar-refractivity contribution in [2.75, 3.05) is 19.7 Å². The quantitative estimate of drug-likeness (QED) is 0.774. The van der Waals surface area contributed by atoms with Gasteiger partial charge in [-0.3, -0.25) is 4.90 Å². The van der Waals surface area contributed by atoms with Crippen LogP contribution in [0.5, 0.6) is 0 Å². The predicted molar refractivity (Wildman–Crippen MR) is 66.5 cm³/mol. The van der Waals surface area contributed by atoms with Crippen molar-refractivity contribution < 1.29 is 4.74 Å². The van der Waals surface area contributed by atoms with E-state index in [1.165, 1.54) is 11.1 Å². The third-order valence-corrected chi connectivity index (χ3v) is 3.28. The summed E-state index contributed by atoms with van der Waals surface area (Å²) < 4.78 is 5.77. The van der Waals surface area contributed by atoms with Gasteiger partial charge in [-0.05, 0) is 23.6 Å². The fourth-order valence-electron chi connectivity index (χ4n) is 2.18. The van der Waals surface area contributed by atoms with Crippen LogP contribution in [0.4, 0.5) is 0 Å². The van der Waals surface area contributed by atoms with Gasteiger partial charge >= 0.3 is 0 Å². The lowest BCUT2D eigenvalue weighted by atomic mass is 10.0. The Balaban J connectivity index is 2.15. The van der Waals surface area contributed by atoms with Crippen LogP contribution >= 0.6 is 0 Å². The van der Waals surface area contributed by atoms with Crippen molar-refractivity contribution in [1.29, 1.82) is 0 Å². The van der Waals surface area contributed by atoms with Gasteiger partial charge in [-0.25, -0.2) is 0 Å². The van der Waals surface area contributed by atoms with E-state index in [9.17, 15) is 0 Å². The Hall–Kier alpha value is -0.860. The second-order valence-corrected chi connectivity index (χ2v) is 4.67. The first kappa shape index (κ1) is 11.6. The minimum Gasteiger partial charge on any atom is -0.358 e. The van der Waals surface area contributed by atoms with E-state index in [2.05, 4.69) is 49.9 Å². The van der Waals surface area contributed by atoms with Gasteiger partial charge in [-0.15, -0.1) is 0 Å². The molecule has 88 valence electrons. The molecule has 1 aliphatic rings. The van der Waals surface area contributed by atoms with E-state index in [4.69, 9.17) is 4.74 Å². The number of rotatable bonds is 3. The summed E-state index contributed by atoms with van der Waals surface area (Å²) in [5.74, 6) is 0.598. The second-order valence-electron chi connectivity index (χ2n) is 4.67. The predicted octanol–water partition coefficient (Wildman–Crippen LogP) is 3.16. The van der Waals surface area contributed by atoms with Crippen LogP contribution in [0.2, 0.25) is 0 Å². The summed E-state index contributed by atoms with van der Waals surface area (Å²) in [6.45, 7) is 9.58. The van der Waals surface area contributed by atoms with Crippen LogP contribution in [0.1, 0.15) is 44.0 Å². The third kappa shape index (κ3) is 2.28. The van der Waals surface area contributed by atoms with Crippen molar-refractivity contribution in [2.24, 2.45) is 0 Å². The molecule has 1 heterocycles. The Morgan fingerprint density at radius 1 is 1.31 bits per heavy atom. The second kappa shape index (κ2) is 4.98.